The maximum Gasteiger partial charge on any atom is 0.210 e. The number of aryl methyl sites for hydroxylation is 2. The number of thioether (sulfide) groups is 1. The first kappa shape index (κ1) is 14.7. The number of hydrogen-bond donors (Lipinski definition) is 1. The predicted octanol–water partition coefficient (Wildman–Crippen LogP) is 3.57. The molecule has 1 heterocycles. The van der Waals surface area contributed by atoms with E-state index in [9.17, 15) is 0 Å². The van der Waals surface area contributed by atoms with Gasteiger partial charge in [0, 0.05) is 11.3 Å². The first-order valence-electron chi connectivity index (χ1n) is 7.09. The molecule has 0 aliphatic rings. The first-order chi connectivity index (χ1) is 10.6. The van der Waals surface area contributed by atoms with Crippen LogP contribution in [-0.4, -0.2) is 14.9 Å². The van der Waals surface area contributed by atoms with Gasteiger partial charge in [0.15, 0.2) is 5.82 Å². The van der Waals surface area contributed by atoms with Crippen LogP contribution < -0.4 is 5.84 Å². The van der Waals surface area contributed by atoms with E-state index in [4.69, 9.17) is 5.84 Å². The highest BCUT2D eigenvalue weighted by molar-refractivity contribution is 7.98. The Morgan fingerprint density at radius 2 is 1.50 bits per heavy atom. The number of aromatic nitrogens is 3. The van der Waals surface area contributed by atoms with Gasteiger partial charge in [-0.05, 0) is 19.4 Å². The van der Waals surface area contributed by atoms with Gasteiger partial charge in [-0.3, -0.25) is 0 Å². The number of benzene rings is 2. The third-order valence-corrected chi connectivity index (χ3v) is 4.48. The van der Waals surface area contributed by atoms with Gasteiger partial charge in [0.05, 0.1) is 0 Å². The summed E-state index contributed by atoms with van der Waals surface area (Å²) in [6.07, 6.45) is 0. The molecule has 0 saturated heterocycles. The molecule has 0 unspecified atom stereocenters. The number of nitrogens with two attached hydrogens (primary N) is 1. The molecule has 0 atom stereocenters. The summed E-state index contributed by atoms with van der Waals surface area (Å²) >= 11 is 1.59. The molecule has 0 bridgehead atoms. The van der Waals surface area contributed by atoms with Crippen LogP contribution in [0.5, 0.6) is 0 Å². The lowest BCUT2D eigenvalue weighted by Gasteiger charge is -2.04. The van der Waals surface area contributed by atoms with E-state index in [1.807, 2.05) is 24.3 Å². The van der Waals surface area contributed by atoms with Gasteiger partial charge in [-0.1, -0.05) is 71.4 Å². The summed E-state index contributed by atoms with van der Waals surface area (Å²) in [5.74, 6) is 7.64. The predicted molar refractivity (Wildman–Crippen MR) is 91.1 cm³/mol. The molecule has 0 radical (unpaired) electrons. The number of nitrogens with zero attached hydrogens (tertiary/aromatic N) is 3. The monoisotopic (exact) mass is 310 g/mol. The average Bonchev–Trinajstić information content (AvgIpc) is 2.89. The molecule has 0 aliphatic carbocycles. The Labute approximate surface area is 134 Å². The molecule has 0 amide bonds. The summed E-state index contributed by atoms with van der Waals surface area (Å²) < 4.78 is 1.56. The smallest absolute Gasteiger partial charge is 0.210 e. The van der Waals surface area contributed by atoms with Crippen molar-refractivity contribution >= 4 is 11.8 Å². The Morgan fingerprint density at radius 1 is 0.909 bits per heavy atom. The van der Waals surface area contributed by atoms with Gasteiger partial charge in [-0.25, -0.2) is 4.68 Å². The third kappa shape index (κ3) is 3.14. The van der Waals surface area contributed by atoms with Gasteiger partial charge in [-0.2, -0.15) is 0 Å². The van der Waals surface area contributed by atoms with Crippen LogP contribution in [0, 0.1) is 13.8 Å². The average molecular weight is 310 g/mol. The number of nitrogen functional groups attached to an aromatic ring is 1. The van der Waals surface area contributed by atoms with Crippen molar-refractivity contribution < 1.29 is 0 Å². The zero-order chi connectivity index (χ0) is 15.5. The Balaban J connectivity index is 1.75. The molecule has 4 nitrogen and oxygen atoms in total. The van der Waals surface area contributed by atoms with E-state index in [-0.39, 0.29) is 0 Å². The Kier molecular flexibility index (Phi) is 4.15. The highest BCUT2D eigenvalue weighted by atomic mass is 32.2. The van der Waals surface area contributed by atoms with Crippen LogP contribution >= 0.6 is 11.8 Å². The van der Waals surface area contributed by atoms with Gasteiger partial charge in [-0.15, -0.1) is 10.2 Å². The fourth-order valence-corrected chi connectivity index (χ4v) is 2.92. The number of hydrogen-bond acceptors (Lipinski definition) is 4. The lowest BCUT2D eigenvalue weighted by Crippen LogP contribution is -2.11. The van der Waals surface area contributed by atoms with Crippen molar-refractivity contribution in [3.8, 4) is 11.4 Å². The molecule has 3 aromatic rings. The minimum Gasteiger partial charge on any atom is -0.335 e. The zero-order valence-electron chi connectivity index (χ0n) is 12.7. The van der Waals surface area contributed by atoms with E-state index in [0.29, 0.717) is 5.82 Å². The van der Waals surface area contributed by atoms with Crippen LogP contribution in [-0.2, 0) is 5.75 Å². The van der Waals surface area contributed by atoms with Gasteiger partial charge in [0.1, 0.15) is 0 Å². The molecule has 0 spiro atoms. The SMILES string of the molecule is Cc1ccc(CSc2nnc(-c3ccc(C)cc3)n2N)cc1. The lowest BCUT2D eigenvalue weighted by molar-refractivity contribution is 0.849. The van der Waals surface area contributed by atoms with Crippen molar-refractivity contribution in [2.45, 2.75) is 24.8 Å². The van der Waals surface area contributed by atoms with Gasteiger partial charge in [0.25, 0.3) is 0 Å². The maximum absolute atomic E-state index is 6.13. The molecule has 22 heavy (non-hydrogen) atoms. The van der Waals surface area contributed by atoms with Crippen molar-refractivity contribution in [2.24, 2.45) is 0 Å². The van der Waals surface area contributed by atoms with Gasteiger partial charge < -0.3 is 5.84 Å². The van der Waals surface area contributed by atoms with E-state index in [0.717, 1.165) is 16.5 Å². The van der Waals surface area contributed by atoms with Crippen LogP contribution in [0.3, 0.4) is 0 Å². The van der Waals surface area contributed by atoms with E-state index < -0.39 is 0 Å². The Morgan fingerprint density at radius 3 is 2.14 bits per heavy atom. The highest BCUT2D eigenvalue weighted by Gasteiger charge is 2.12. The second-order valence-electron chi connectivity index (χ2n) is 5.32. The fraction of sp³-hybridized carbons (Fsp3) is 0.176. The quantitative estimate of drug-likeness (QED) is 0.591. The summed E-state index contributed by atoms with van der Waals surface area (Å²) in [5, 5.41) is 9.13. The summed E-state index contributed by atoms with van der Waals surface area (Å²) in [4.78, 5) is 0. The normalized spacial score (nSPS) is 10.8. The van der Waals surface area contributed by atoms with Gasteiger partial charge in [0.2, 0.25) is 5.16 Å². The van der Waals surface area contributed by atoms with Crippen molar-refractivity contribution in [1.29, 1.82) is 0 Å². The first-order valence-corrected chi connectivity index (χ1v) is 8.08. The largest absolute Gasteiger partial charge is 0.335 e. The van der Waals surface area contributed by atoms with Crippen molar-refractivity contribution in [2.75, 3.05) is 5.84 Å². The fourth-order valence-electron chi connectivity index (χ4n) is 2.11. The molecule has 1 aromatic heterocycles. The van der Waals surface area contributed by atoms with Crippen LogP contribution in [0.15, 0.2) is 53.7 Å². The highest BCUT2D eigenvalue weighted by Crippen LogP contribution is 2.24. The topological polar surface area (TPSA) is 56.7 Å². The Hall–Kier alpha value is -2.27. The summed E-state index contributed by atoms with van der Waals surface area (Å²) in [5.41, 5.74) is 4.69. The molecule has 0 aliphatic heterocycles. The molecular formula is C17H18N4S. The maximum atomic E-state index is 6.13. The van der Waals surface area contributed by atoms with Crippen molar-refractivity contribution in [3.05, 3.63) is 65.2 Å². The Bertz CT molecular complexity index is 760. The van der Waals surface area contributed by atoms with Crippen LogP contribution in [0.25, 0.3) is 11.4 Å². The molecule has 2 aromatic carbocycles. The van der Waals surface area contributed by atoms with Crippen LogP contribution in [0.1, 0.15) is 16.7 Å². The van der Waals surface area contributed by atoms with Crippen molar-refractivity contribution in [1.82, 2.24) is 14.9 Å². The molecule has 0 saturated carbocycles. The minimum absolute atomic E-state index is 0.686. The van der Waals surface area contributed by atoms with E-state index in [2.05, 4.69) is 48.3 Å². The van der Waals surface area contributed by atoms with Crippen LogP contribution in [0.4, 0.5) is 0 Å². The summed E-state index contributed by atoms with van der Waals surface area (Å²) in [6, 6.07) is 16.6. The third-order valence-electron chi connectivity index (χ3n) is 3.46. The molecule has 0 fully saturated rings. The van der Waals surface area contributed by atoms with Crippen LogP contribution in [0.2, 0.25) is 0 Å². The molecule has 5 heteroatoms. The van der Waals surface area contributed by atoms with Crippen molar-refractivity contribution in [3.63, 3.8) is 0 Å². The summed E-state index contributed by atoms with van der Waals surface area (Å²) in [6.45, 7) is 4.14. The molecule has 3 rings (SSSR count). The lowest BCUT2D eigenvalue weighted by atomic mass is 10.1. The zero-order valence-corrected chi connectivity index (χ0v) is 13.5. The van der Waals surface area contributed by atoms with Gasteiger partial charge >= 0.3 is 0 Å². The van der Waals surface area contributed by atoms with E-state index in [1.54, 1.807) is 16.4 Å². The second kappa shape index (κ2) is 6.23. The summed E-state index contributed by atoms with van der Waals surface area (Å²) in [7, 11) is 0. The minimum atomic E-state index is 0.686. The van der Waals surface area contributed by atoms with E-state index in [1.165, 1.54) is 16.7 Å². The molecule has 2 N–H and O–H groups in total. The number of rotatable bonds is 4. The standard InChI is InChI=1S/C17H18N4S/c1-12-3-7-14(8-4-12)11-22-17-20-19-16(21(17)18)15-9-5-13(2)6-10-15/h3-10H,11,18H2,1-2H3. The molecule has 112 valence electrons. The van der Waals surface area contributed by atoms with E-state index >= 15 is 0 Å². The molecular weight excluding hydrogens is 292 g/mol. The second-order valence-corrected chi connectivity index (χ2v) is 6.26.